The van der Waals surface area contributed by atoms with E-state index in [9.17, 15) is 9.59 Å². The van der Waals surface area contributed by atoms with E-state index in [2.05, 4.69) is 4.79 Å². The van der Waals surface area contributed by atoms with E-state index in [4.69, 9.17) is 10.6 Å². The Balaban J connectivity index is 4.61. The zero-order valence-electron chi connectivity index (χ0n) is 7.39. The van der Waals surface area contributed by atoms with Gasteiger partial charge in [-0.1, -0.05) is 19.9 Å². The summed E-state index contributed by atoms with van der Waals surface area (Å²) >= 11 is 0. The second-order valence-corrected chi connectivity index (χ2v) is 2.72. The quantitative estimate of drug-likeness (QED) is 0.226. The molecule has 0 atom stereocenters. The second kappa shape index (κ2) is 5.00. The lowest BCUT2D eigenvalue weighted by atomic mass is 10.1. The molecule has 70 valence electrons. The zero-order valence-corrected chi connectivity index (χ0v) is 7.39. The first-order chi connectivity index (χ1) is 5.99. The number of rotatable bonds is 4. The number of hydrogen-bond donors (Lipinski definition) is 1. The van der Waals surface area contributed by atoms with Gasteiger partial charge < -0.3 is 10.6 Å². The summed E-state index contributed by atoms with van der Waals surface area (Å²) in [4.78, 5) is 23.6. The third kappa shape index (κ3) is 3.98. The van der Waals surface area contributed by atoms with Crippen molar-refractivity contribution in [2.45, 2.75) is 13.8 Å². The third-order valence-corrected chi connectivity index (χ3v) is 1.17. The Bertz CT molecular complexity index is 299. The molecule has 13 heavy (non-hydrogen) atoms. The maximum absolute atomic E-state index is 11.0. The van der Waals surface area contributed by atoms with Crippen molar-refractivity contribution >= 4 is 17.5 Å². The summed E-state index contributed by atoms with van der Waals surface area (Å²) in [5, 5.41) is 8.36. The first-order valence-corrected chi connectivity index (χ1v) is 3.67. The molecule has 0 aromatic carbocycles. The highest BCUT2D eigenvalue weighted by atomic mass is 16.4. The van der Waals surface area contributed by atoms with Gasteiger partial charge in [-0.05, 0) is 12.0 Å². The van der Waals surface area contributed by atoms with Crippen molar-refractivity contribution in [1.29, 1.82) is 0 Å². The molecule has 0 rings (SSSR count). The molecule has 0 spiro atoms. The second-order valence-electron chi connectivity index (χ2n) is 2.72. The van der Waals surface area contributed by atoms with Crippen molar-refractivity contribution in [3.05, 3.63) is 17.7 Å². The van der Waals surface area contributed by atoms with Gasteiger partial charge in [0, 0.05) is 0 Å². The molecule has 0 aromatic heterocycles. The number of carboxylic acid groups (broad SMARTS) is 1. The summed E-state index contributed by atoms with van der Waals surface area (Å²) in [5.41, 5.74) is 7.31. The van der Waals surface area contributed by atoms with Gasteiger partial charge in [0.05, 0.1) is 0 Å². The molecule has 1 N–H and O–H groups in total. The van der Waals surface area contributed by atoms with Crippen molar-refractivity contribution in [2.75, 3.05) is 0 Å². The lowest BCUT2D eigenvalue weighted by molar-refractivity contribution is -0.136. The average molecular weight is 182 g/mol. The minimum Gasteiger partial charge on any atom is -0.472 e. The van der Waals surface area contributed by atoms with E-state index in [-0.39, 0.29) is 5.92 Å². The Hall–Kier alpha value is -1.74. The summed E-state index contributed by atoms with van der Waals surface area (Å²) in [7, 11) is 0. The highest BCUT2D eigenvalue weighted by Crippen LogP contribution is 1.93. The normalized spacial score (nSPS) is 10.1. The van der Waals surface area contributed by atoms with Crippen LogP contribution in [0, 0.1) is 5.92 Å². The SMILES string of the molecule is CC(C)C=CC(=O)C(=[N+]=[N-])C(=O)O. The largest absolute Gasteiger partial charge is 0.472 e. The van der Waals surface area contributed by atoms with Crippen LogP contribution in [0.25, 0.3) is 5.53 Å². The van der Waals surface area contributed by atoms with Crippen LogP contribution in [0.15, 0.2) is 12.2 Å². The van der Waals surface area contributed by atoms with Gasteiger partial charge in [-0.2, -0.15) is 4.79 Å². The maximum Gasteiger partial charge on any atom is 0.445 e. The molecule has 0 amide bonds. The Labute approximate surface area is 75.3 Å². The number of ketones is 1. The van der Waals surface area contributed by atoms with E-state index in [1.165, 1.54) is 6.08 Å². The van der Waals surface area contributed by atoms with E-state index in [1.54, 1.807) is 0 Å². The molecule has 0 bridgehead atoms. The highest BCUT2D eigenvalue weighted by Gasteiger charge is 2.26. The first kappa shape index (κ1) is 11.3. The van der Waals surface area contributed by atoms with Gasteiger partial charge in [-0.15, -0.1) is 0 Å². The van der Waals surface area contributed by atoms with Crippen LogP contribution in [0.1, 0.15) is 13.8 Å². The Morgan fingerprint density at radius 3 is 2.31 bits per heavy atom. The molecule has 0 radical (unpaired) electrons. The van der Waals surface area contributed by atoms with Crippen LogP contribution >= 0.6 is 0 Å². The van der Waals surface area contributed by atoms with Crippen LogP contribution in [-0.4, -0.2) is 27.4 Å². The van der Waals surface area contributed by atoms with Crippen LogP contribution in [0.4, 0.5) is 0 Å². The van der Waals surface area contributed by atoms with Crippen LogP contribution < -0.4 is 0 Å². The van der Waals surface area contributed by atoms with Gasteiger partial charge in [0.1, 0.15) is 0 Å². The molecule has 0 saturated heterocycles. The van der Waals surface area contributed by atoms with E-state index in [0.29, 0.717) is 0 Å². The first-order valence-electron chi connectivity index (χ1n) is 3.67. The molecule has 0 aliphatic heterocycles. The molecule has 0 aliphatic rings. The van der Waals surface area contributed by atoms with Gasteiger partial charge in [0.25, 0.3) is 5.78 Å². The fourth-order valence-corrected chi connectivity index (χ4v) is 0.556. The highest BCUT2D eigenvalue weighted by molar-refractivity contribution is 6.64. The van der Waals surface area contributed by atoms with Gasteiger partial charge in [0.15, 0.2) is 0 Å². The number of hydrogen-bond acceptors (Lipinski definition) is 2. The minimum atomic E-state index is -1.54. The predicted octanol–water partition coefficient (Wildman–Crippen LogP) is 0.523. The summed E-state index contributed by atoms with van der Waals surface area (Å²) in [5.74, 6) is -2.22. The van der Waals surface area contributed by atoms with Gasteiger partial charge in [0.2, 0.25) is 0 Å². The maximum atomic E-state index is 11.0. The number of carboxylic acids is 1. The average Bonchev–Trinajstić information content (AvgIpc) is 2.01. The van der Waals surface area contributed by atoms with Crippen molar-refractivity contribution in [3.8, 4) is 0 Å². The van der Waals surface area contributed by atoms with Gasteiger partial charge in [-0.25, -0.2) is 4.79 Å². The fourth-order valence-electron chi connectivity index (χ4n) is 0.556. The van der Waals surface area contributed by atoms with E-state index >= 15 is 0 Å². The smallest absolute Gasteiger partial charge is 0.445 e. The van der Waals surface area contributed by atoms with Crippen molar-refractivity contribution in [3.63, 3.8) is 0 Å². The molecule has 0 heterocycles. The number of aliphatic carboxylic acids is 1. The summed E-state index contributed by atoms with van der Waals surface area (Å²) in [6.45, 7) is 3.67. The van der Waals surface area contributed by atoms with Crippen molar-refractivity contribution < 1.29 is 19.5 Å². The molecule has 0 unspecified atom stereocenters. The Morgan fingerprint density at radius 2 is 2.00 bits per heavy atom. The number of nitrogens with zero attached hydrogens (tertiary/aromatic N) is 2. The molecule has 0 aliphatic carbocycles. The molecule has 5 nitrogen and oxygen atoms in total. The third-order valence-electron chi connectivity index (χ3n) is 1.17. The zero-order chi connectivity index (χ0) is 10.4. The van der Waals surface area contributed by atoms with Crippen LogP contribution in [0.5, 0.6) is 0 Å². The molecular formula is C8H10N2O3. The fraction of sp³-hybridized carbons (Fsp3) is 0.375. The summed E-state index contributed by atoms with van der Waals surface area (Å²) in [6, 6.07) is 0. The molecule has 5 heteroatoms. The summed E-state index contributed by atoms with van der Waals surface area (Å²) in [6.07, 6.45) is 2.60. The summed E-state index contributed by atoms with van der Waals surface area (Å²) < 4.78 is 0. The van der Waals surface area contributed by atoms with Gasteiger partial charge >= 0.3 is 11.7 Å². The standard InChI is InChI=1S/C8H10N2O3/c1-5(2)3-4-6(11)7(10-9)8(12)13/h3-5H,1-2H3,(H,12,13). The topological polar surface area (TPSA) is 90.8 Å². The lowest BCUT2D eigenvalue weighted by Crippen LogP contribution is -2.23. The minimum absolute atomic E-state index is 0.137. The lowest BCUT2D eigenvalue weighted by Gasteiger charge is -1.90. The van der Waals surface area contributed by atoms with Crippen LogP contribution in [0.2, 0.25) is 0 Å². The Morgan fingerprint density at radius 1 is 1.46 bits per heavy atom. The number of carbonyl (C=O) groups is 2. The predicted molar refractivity (Wildman–Crippen MR) is 45.2 cm³/mol. The molecular weight excluding hydrogens is 172 g/mol. The monoisotopic (exact) mass is 182 g/mol. The van der Waals surface area contributed by atoms with Crippen molar-refractivity contribution in [2.24, 2.45) is 5.92 Å². The van der Waals surface area contributed by atoms with Gasteiger partial charge in [-0.3, -0.25) is 4.79 Å². The Kier molecular flexibility index (Phi) is 4.33. The van der Waals surface area contributed by atoms with Crippen molar-refractivity contribution in [1.82, 2.24) is 0 Å². The van der Waals surface area contributed by atoms with Crippen LogP contribution in [0.3, 0.4) is 0 Å². The molecule has 0 saturated carbocycles. The van der Waals surface area contributed by atoms with E-state index in [1.807, 2.05) is 13.8 Å². The number of allylic oxidation sites excluding steroid dienone is 2. The van der Waals surface area contributed by atoms with E-state index < -0.39 is 17.5 Å². The molecule has 0 aromatic rings. The molecule has 0 fully saturated rings. The number of carbonyl (C=O) groups excluding carboxylic acids is 1. The van der Waals surface area contributed by atoms with E-state index in [0.717, 1.165) is 6.08 Å². The van der Waals surface area contributed by atoms with Crippen LogP contribution in [-0.2, 0) is 9.59 Å².